The summed E-state index contributed by atoms with van der Waals surface area (Å²) in [6.07, 6.45) is 0. The van der Waals surface area contributed by atoms with Crippen molar-refractivity contribution < 1.29 is 23.4 Å². The van der Waals surface area contributed by atoms with Gasteiger partial charge in [0.1, 0.15) is 5.58 Å². The summed E-state index contributed by atoms with van der Waals surface area (Å²) < 4.78 is 22.4. The maximum Gasteiger partial charge on any atom is 0.297 e. The number of aromatic nitrogens is 1. The molecule has 0 N–H and O–H groups in total. The summed E-state index contributed by atoms with van der Waals surface area (Å²) in [5.41, 5.74) is 1.46. The Hall–Kier alpha value is -3.56. The second-order valence-electron chi connectivity index (χ2n) is 7.62. The first kappa shape index (κ1) is 22.2. The van der Waals surface area contributed by atoms with Crippen molar-refractivity contribution in [2.24, 2.45) is 0 Å². The number of aryl methyl sites for hydroxylation is 1. The number of anilines is 1. The standard InChI is InChI=1S/C24H19ClN2O6S/c1-11-10-34-24(26-11)27-19(12-7-16(30-2)21(32-4)17(8-12)31-3)18-20(28)14-9-13(25)5-6-15(14)33-22(18)23(27)29/h5-10,19H,1-4H3. The van der Waals surface area contributed by atoms with Crippen molar-refractivity contribution in [1.29, 1.82) is 0 Å². The van der Waals surface area contributed by atoms with Crippen molar-refractivity contribution in [3.63, 3.8) is 0 Å². The number of rotatable bonds is 5. The molecule has 4 aromatic rings. The summed E-state index contributed by atoms with van der Waals surface area (Å²) >= 11 is 7.45. The van der Waals surface area contributed by atoms with Crippen molar-refractivity contribution >= 4 is 44.9 Å². The highest BCUT2D eigenvalue weighted by Crippen LogP contribution is 2.46. The van der Waals surface area contributed by atoms with Crippen LogP contribution in [0.4, 0.5) is 5.13 Å². The zero-order valence-corrected chi connectivity index (χ0v) is 20.2. The fourth-order valence-electron chi connectivity index (χ4n) is 4.17. The molecule has 0 aliphatic carbocycles. The van der Waals surface area contributed by atoms with Crippen LogP contribution in [0.3, 0.4) is 0 Å². The normalized spacial score (nSPS) is 15.0. The number of methoxy groups -OCH3 is 3. The van der Waals surface area contributed by atoms with E-state index in [4.69, 9.17) is 30.2 Å². The molecule has 8 nitrogen and oxygen atoms in total. The van der Waals surface area contributed by atoms with Gasteiger partial charge in [-0.1, -0.05) is 11.6 Å². The van der Waals surface area contributed by atoms with E-state index in [1.54, 1.807) is 24.3 Å². The minimum atomic E-state index is -0.832. The summed E-state index contributed by atoms with van der Waals surface area (Å²) in [6, 6.07) is 7.32. The summed E-state index contributed by atoms with van der Waals surface area (Å²) in [5.74, 6) is 0.679. The third-order valence-electron chi connectivity index (χ3n) is 5.65. The highest BCUT2D eigenvalue weighted by Gasteiger charge is 2.45. The number of carbonyl (C=O) groups excluding carboxylic acids is 1. The first-order valence-electron chi connectivity index (χ1n) is 10.2. The summed E-state index contributed by atoms with van der Waals surface area (Å²) in [6.45, 7) is 1.84. The summed E-state index contributed by atoms with van der Waals surface area (Å²) in [7, 11) is 4.50. The van der Waals surface area contributed by atoms with E-state index in [0.717, 1.165) is 5.69 Å². The molecule has 34 heavy (non-hydrogen) atoms. The van der Waals surface area contributed by atoms with Crippen molar-refractivity contribution in [2.75, 3.05) is 26.2 Å². The average Bonchev–Trinajstić information content (AvgIpc) is 3.39. The van der Waals surface area contributed by atoms with Crippen LogP contribution in [0.15, 0.2) is 44.9 Å². The largest absolute Gasteiger partial charge is 0.493 e. The van der Waals surface area contributed by atoms with Gasteiger partial charge in [-0.15, -0.1) is 11.3 Å². The first-order valence-corrected chi connectivity index (χ1v) is 11.5. The van der Waals surface area contributed by atoms with Gasteiger partial charge in [0.15, 0.2) is 22.1 Å². The first-order chi connectivity index (χ1) is 16.4. The van der Waals surface area contributed by atoms with E-state index < -0.39 is 11.9 Å². The molecule has 5 rings (SSSR count). The molecule has 0 bridgehead atoms. The lowest BCUT2D eigenvalue weighted by Gasteiger charge is -2.24. The topological polar surface area (TPSA) is 91.1 Å². The molecule has 0 saturated heterocycles. The summed E-state index contributed by atoms with van der Waals surface area (Å²) in [4.78, 5) is 33.3. The van der Waals surface area contributed by atoms with Gasteiger partial charge in [-0.3, -0.25) is 14.5 Å². The van der Waals surface area contributed by atoms with E-state index in [0.29, 0.717) is 33.0 Å². The minimum Gasteiger partial charge on any atom is -0.493 e. The number of hydrogen-bond acceptors (Lipinski definition) is 8. The predicted molar refractivity (Wildman–Crippen MR) is 129 cm³/mol. The zero-order valence-electron chi connectivity index (χ0n) is 18.7. The van der Waals surface area contributed by atoms with Crippen molar-refractivity contribution in [3.8, 4) is 17.2 Å². The maximum absolute atomic E-state index is 13.7. The van der Waals surface area contributed by atoms with Gasteiger partial charge >= 0.3 is 0 Å². The number of ether oxygens (including phenoxy) is 3. The van der Waals surface area contributed by atoms with Gasteiger partial charge in [-0.25, -0.2) is 4.98 Å². The maximum atomic E-state index is 13.7. The molecule has 0 saturated carbocycles. The van der Waals surface area contributed by atoms with Crippen LogP contribution < -0.4 is 24.5 Å². The molecule has 0 spiro atoms. The molecule has 1 aliphatic rings. The van der Waals surface area contributed by atoms with Gasteiger partial charge in [0.25, 0.3) is 5.91 Å². The molecule has 1 aliphatic heterocycles. The third kappa shape index (κ3) is 3.31. The van der Waals surface area contributed by atoms with Crippen molar-refractivity contribution in [2.45, 2.75) is 13.0 Å². The number of hydrogen-bond donors (Lipinski definition) is 0. The highest BCUT2D eigenvalue weighted by atomic mass is 35.5. The van der Waals surface area contributed by atoms with Crippen LogP contribution in [0.25, 0.3) is 11.0 Å². The van der Waals surface area contributed by atoms with E-state index in [2.05, 4.69) is 4.98 Å². The van der Waals surface area contributed by atoms with Crippen LogP contribution in [-0.4, -0.2) is 32.2 Å². The van der Waals surface area contributed by atoms with Gasteiger partial charge in [-0.05, 0) is 42.8 Å². The number of fused-ring (bicyclic) bond motifs is 2. The molecule has 174 valence electrons. The fraction of sp³-hybridized carbons (Fsp3) is 0.208. The molecule has 1 amide bonds. The number of thiazole rings is 1. The number of carbonyl (C=O) groups is 1. The average molecular weight is 499 g/mol. The Kier molecular flexibility index (Phi) is 5.45. The molecule has 3 heterocycles. The SMILES string of the molecule is COc1cc(C2c3c(oc4ccc(Cl)cc4c3=O)C(=O)N2c2nc(C)cs2)cc(OC)c1OC. The van der Waals surface area contributed by atoms with E-state index in [-0.39, 0.29) is 27.7 Å². The van der Waals surface area contributed by atoms with Gasteiger partial charge in [-0.2, -0.15) is 0 Å². The molecular formula is C24H19ClN2O6S. The Morgan fingerprint density at radius 3 is 2.35 bits per heavy atom. The quantitative estimate of drug-likeness (QED) is 0.383. The Balaban J connectivity index is 1.84. The lowest BCUT2D eigenvalue weighted by molar-refractivity contribution is 0.0971. The fourth-order valence-corrected chi connectivity index (χ4v) is 5.17. The monoisotopic (exact) mass is 498 g/mol. The van der Waals surface area contributed by atoms with Crippen LogP contribution in [0.5, 0.6) is 17.2 Å². The Morgan fingerprint density at radius 2 is 1.76 bits per heavy atom. The predicted octanol–water partition coefficient (Wildman–Crippen LogP) is 4.99. The Labute approximate surface area is 203 Å². The van der Waals surface area contributed by atoms with Gasteiger partial charge in [0.05, 0.1) is 44.0 Å². The lowest BCUT2D eigenvalue weighted by Crippen LogP contribution is -2.29. The molecular weight excluding hydrogens is 480 g/mol. The molecule has 0 radical (unpaired) electrons. The van der Waals surface area contributed by atoms with E-state index in [1.165, 1.54) is 43.6 Å². The van der Waals surface area contributed by atoms with Crippen LogP contribution >= 0.6 is 22.9 Å². The van der Waals surface area contributed by atoms with E-state index >= 15 is 0 Å². The second kappa shape index (κ2) is 8.34. The highest BCUT2D eigenvalue weighted by molar-refractivity contribution is 7.14. The Morgan fingerprint density at radius 1 is 1.06 bits per heavy atom. The minimum absolute atomic E-state index is 0.0357. The molecule has 1 unspecified atom stereocenters. The van der Waals surface area contributed by atoms with Gasteiger partial charge in [0, 0.05) is 10.4 Å². The van der Waals surface area contributed by atoms with Gasteiger partial charge in [0.2, 0.25) is 11.5 Å². The van der Waals surface area contributed by atoms with Gasteiger partial charge < -0.3 is 18.6 Å². The van der Waals surface area contributed by atoms with E-state index in [1.807, 2.05) is 12.3 Å². The number of nitrogens with zero attached hydrogens (tertiary/aromatic N) is 2. The van der Waals surface area contributed by atoms with E-state index in [9.17, 15) is 9.59 Å². The molecule has 2 aromatic carbocycles. The molecule has 0 fully saturated rings. The molecule has 2 aromatic heterocycles. The molecule has 10 heteroatoms. The second-order valence-corrected chi connectivity index (χ2v) is 8.90. The smallest absolute Gasteiger partial charge is 0.297 e. The third-order valence-corrected chi connectivity index (χ3v) is 6.84. The van der Waals surface area contributed by atoms with Crippen molar-refractivity contribution in [3.05, 3.63) is 73.5 Å². The number of benzene rings is 2. The Bertz CT molecular complexity index is 1490. The lowest BCUT2D eigenvalue weighted by atomic mass is 9.98. The van der Waals surface area contributed by atoms with Crippen molar-refractivity contribution in [1.82, 2.24) is 4.98 Å². The van der Waals surface area contributed by atoms with Crippen LogP contribution in [0.1, 0.15) is 33.4 Å². The van der Waals surface area contributed by atoms with Crippen LogP contribution in [0, 0.1) is 6.92 Å². The summed E-state index contributed by atoms with van der Waals surface area (Å²) in [5, 5.41) is 2.95. The number of amides is 1. The van der Waals surface area contributed by atoms with Crippen LogP contribution in [0.2, 0.25) is 5.02 Å². The number of halogens is 1. The zero-order chi connectivity index (χ0) is 24.1. The van der Waals surface area contributed by atoms with Crippen LogP contribution in [-0.2, 0) is 0 Å². The molecule has 1 atom stereocenters.